The molecule has 1 aliphatic carbocycles. The molecule has 1 saturated carbocycles. The minimum absolute atomic E-state index is 0.0450. The van der Waals surface area contributed by atoms with E-state index in [1.54, 1.807) is 6.07 Å². The molecule has 5 nitrogen and oxygen atoms in total. The molecule has 0 unspecified atom stereocenters. The molecule has 2 aromatic rings. The Morgan fingerprint density at radius 3 is 2.44 bits per heavy atom. The molecule has 1 amide bonds. The molecule has 0 bridgehead atoms. The van der Waals surface area contributed by atoms with Crippen LogP contribution in [0.15, 0.2) is 51.8 Å². The van der Waals surface area contributed by atoms with E-state index in [4.69, 9.17) is 11.6 Å². The maximum atomic E-state index is 12.2. The first-order valence-corrected chi connectivity index (χ1v) is 10.3. The minimum atomic E-state index is -3.51. The Hall–Kier alpha value is -1.41. The van der Waals surface area contributed by atoms with Crippen LogP contribution in [0.25, 0.3) is 0 Å². The fraction of sp³-hybridized carbons (Fsp3) is 0.235. The maximum Gasteiger partial charge on any atom is 0.251 e. The molecule has 0 aliphatic heterocycles. The van der Waals surface area contributed by atoms with Gasteiger partial charge >= 0.3 is 0 Å². The lowest BCUT2D eigenvalue weighted by Crippen LogP contribution is -2.26. The summed E-state index contributed by atoms with van der Waals surface area (Å²) in [6.45, 7) is 0.286. The average Bonchev–Trinajstić information content (AvgIpc) is 3.37. The second kappa shape index (κ2) is 7.45. The van der Waals surface area contributed by atoms with Crippen molar-refractivity contribution in [3.05, 3.63) is 63.1 Å². The average molecular weight is 444 g/mol. The van der Waals surface area contributed by atoms with Crippen LogP contribution in [0.5, 0.6) is 0 Å². The highest BCUT2D eigenvalue weighted by atomic mass is 79.9. The van der Waals surface area contributed by atoms with Crippen LogP contribution in [0.3, 0.4) is 0 Å². The van der Waals surface area contributed by atoms with Crippen LogP contribution in [0, 0.1) is 0 Å². The molecular formula is C17H16BrClN2O3S. The summed E-state index contributed by atoms with van der Waals surface area (Å²) in [5.41, 5.74) is 1.18. The summed E-state index contributed by atoms with van der Waals surface area (Å²) in [7, 11) is -3.51. The number of carbonyl (C=O) groups is 1. The standard InChI is InChI=1S/C17H16BrClN2O3S/c18-13-4-1-12(16(19)9-13)10-20-17(22)11-2-7-15(8-3-11)25(23,24)21-14-5-6-14/h1-4,7-9,14,21H,5-6,10H2,(H,20,22). The number of amides is 1. The van der Waals surface area contributed by atoms with Gasteiger partial charge in [-0.05, 0) is 54.8 Å². The Morgan fingerprint density at radius 2 is 1.84 bits per heavy atom. The Labute approximate surface area is 160 Å². The molecule has 0 radical (unpaired) electrons. The Morgan fingerprint density at radius 1 is 1.16 bits per heavy atom. The third-order valence-corrected chi connectivity index (χ3v) is 6.16. The maximum absolute atomic E-state index is 12.2. The largest absolute Gasteiger partial charge is 0.348 e. The van der Waals surface area contributed by atoms with Crippen molar-refractivity contribution in [3.8, 4) is 0 Å². The number of rotatable bonds is 6. The van der Waals surface area contributed by atoms with Gasteiger partial charge in [0, 0.05) is 27.6 Å². The normalized spacial score (nSPS) is 14.3. The molecule has 0 heterocycles. The van der Waals surface area contributed by atoms with Crippen LogP contribution in [0.4, 0.5) is 0 Å². The number of hydrogen-bond acceptors (Lipinski definition) is 3. The Bertz CT molecular complexity index is 897. The molecular weight excluding hydrogens is 428 g/mol. The van der Waals surface area contributed by atoms with Gasteiger partial charge in [0.15, 0.2) is 0 Å². The van der Waals surface area contributed by atoms with E-state index >= 15 is 0 Å². The molecule has 0 spiro atoms. The van der Waals surface area contributed by atoms with Crippen molar-refractivity contribution < 1.29 is 13.2 Å². The van der Waals surface area contributed by atoms with Crippen molar-refractivity contribution in [2.24, 2.45) is 0 Å². The van der Waals surface area contributed by atoms with Crippen LogP contribution in [-0.4, -0.2) is 20.4 Å². The lowest BCUT2D eigenvalue weighted by Gasteiger charge is -2.09. The van der Waals surface area contributed by atoms with Crippen molar-refractivity contribution in [3.63, 3.8) is 0 Å². The van der Waals surface area contributed by atoms with Gasteiger partial charge in [0.2, 0.25) is 10.0 Å². The first-order chi connectivity index (χ1) is 11.8. The van der Waals surface area contributed by atoms with Gasteiger partial charge in [-0.25, -0.2) is 13.1 Å². The minimum Gasteiger partial charge on any atom is -0.348 e. The Kier molecular flexibility index (Phi) is 5.48. The molecule has 2 N–H and O–H groups in total. The molecule has 0 atom stereocenters. The molecule has 132 valence electrons. The number of nitrogens with one attached hydrogen (secondary N) is 2. The number of hydrogen-bond donors (Lipinski definition) is 2. The molecule has 8 heteroatoms. The summed E-state index contributed by atoms with van der Waals surface area (Å²) in [5, 5.41) is 3.33. The van der Waals surface area contributed by atoms with Crippen molar-refractivity contribution in [1.29, 1.82) is 0 Å². The number of halogens is 2. The molecule has 25 heavy (non-hydrogen) atoms. The first-order valence-electron chi connectivity index (χ1n) is 7.70. The van der Waals surface area contributed by atoms with Crippen molar-refractivity contribution >= 4 is 43.5 Å². The van der Waals surface area contributed by atoms with E-state index in [-0.39, 0.29) is 23.4 Å². The second-order valence-electron chi connectivity index (χ2n) is 5.84. The van der Waals surface area contributed by atoms with Crippen LogP contribution in [-0.2, 0) is 16.6 Å². The highest BCUT2D eigenvalue weighted by molar-refractivity contribution is 9.10. The van der Waals surface area contributed by atoms with E-state index in [0.717, 1.165) is 22.9 Å². The predicted octanol–water partition coefficient (Wildman–Crippen LogP) is 3.47. The highest BCUT2D eigenvalue weighted by Crippen LogP contribution is 2.23. The zero-order chi connectivity index (χ0) is 18.0. The van der Waals surface area contributed by atoms with Crippen molar-refractivity contribution in [2.75, 3.05) is 0 Å². The molecule has 0 aromatic heterocycles. The number of carbonyl (C=O) groups excluding carboxylic acids is 1. The van der Waals surface area contributed by atoms with E-state index in [9.17, 15) is 13.2 Å². The van der Waals surface area contributed by atoms with Gasteiger partial charge in [0.05, 0.1) is 4.90 Å². The molecule has 1 aliphatic rings. The van der Waals surface area contributed by atoms with E-state index in [1.165, 1.54) is 24.3 Å². The summed E-state index contributed by atoms with van der Waals surface area (Å²) in [4.78, 5) is 12.4. The summed E-state index contributed by atoms with van der Waals surface area (Å²) >= 11 is 9.45. The summed E-state index contributed by atoms with van der Waals surface area (Å²) < 4.78 is 27.7. The monoisotopic (exact) mass is 442 g/mol. The topological polar surface area (TPSA) is 75.3 Å². The van der Waals surface area contributed by atoms with Crippen molar-refractivity contribution in [1.82, 2.24) is 10.0 Å². The predicted molar refractivity (Wildman–Crippen MR) is 100 cm³/mol. The first kappa shape index (κ1) is 18.4. The highest BCUT2D eigenvalue weighted by Gasteiger charge is 2.27. The van der Waals surface area contributed by atoms with E-state index in [0.29, 0.717) is 10.6 Å². The molecule has 3 rings (SSSR count). The fourth-order valence-electron chi connectivity index (χ4n) is 2.22. The van der Waals surface area contributed by atoms with Gasteiger partial charge < -0.3 is 5.32 Å². The van der Waals surface area contributed by atoms with E-state index in [2.05, 4.69) is 26.0 Å². The quantitative estimate of drug-likeness (QED) is 0.718. The van der Waals surface area contributed by atoms with Crippen LogP contribution in [0.2, 0.25) is 5.02 Å². The van der Waals surface area contributed by atoms with Gasteiger partial charge in [0.1, 0.15) is 0 Å². The smallest absolute Gasteiger partial charge is 0.251 e. The van der Waals surface area contributed by atoms with Gasteiger partial charge in [0.25, 0.3) is 5.91 Å². The van der Waals surface area contributed by atoms with E-state index < -0.39 is 10.0 Å². The lowest BCUT2D eigenvalue weighted by atomic mass is 10.2. The SMILES string of the molecule is O=C(NCc1ccc(Br)cc1Cl)c1ccc(S(=O)(=O)NC2CC2)cc1. The Balaban J connectivity index is 1.64. The third kappa shape index (κ3) is 4.82. The van der Waals surface area contributed by atoms with Crippen LogP contribution < -0.4 is 10.0 Å². The molecule has 1 fully saturated rings. The molecule has 0 saturated heterocycles. The number of benzene rings is 2. The van der Waals surface area contributed by atoms with Crippen LogP contribution >= 0.6 is 27.5 Å². The van der Waals surface area contributed by atoms with E-state index in [1.807, 2.05) is 12.1 Å². The summed E-state index contributed by atoms with van der Waals surface area (Å²) in [6.07, 6.45) is 1.75. The van der Waals surface area contributed by atoms with Crippen molar-refractivity contribution in [2.45, 2.75) is 30.3 Å². The summed E-state index contributed by atoms with van der Waals surface area (Å²) in [5.74, 6) is -0.293. The zero-order valence-corrected chi connectivity index (χ0v) is 16.3. The van der Waals surface area contributed by atoms with Gasteiger partial charge in [-0.2, -0.15) is 0 Å². The third-order valence-electron chi connectivity index (χ3n) is 3.78. The zero-order valence-electron chi connectivity index (χ0n) is 13.1. The van der Waals surface area contributed by atoms with Crippen LogP contribution in [0.1, 0.15) is 28.8 Å². The lowest BCUT2D eigenvalue weighted by molar-refractivity contribution is 0.0951. The number of sulfonamides is 1. The van der Waals surface area contributed by atoms with Gasteiger partial charge in [-0.3, -0.25) is 4.79 Å². The summed E-state index contributed by atoms with van der Waals surface area (Å²) in [6, 6.07) is 11.4. The van der Waals surface area contributed by atoms with Gasteiger partial charge in [-0.1, -0.05) is 33.6 Å². The van der Waals surface area contributed by atoms with Gasteiger partial charge in [-0.15, -0.1) is 0 Å². The molecule has 2 aromatic carbocycles. The second-order valence-corrected chi connectivity index (χ2v) is 8.88. The fourth-order valence-corrected chi connectivity index (χ4v) is 4.26.